The molecule has 1 fully saturated rings. The zero-order chi connectivity index (χ0) is 7.72. The molecule has 10 heavy (non-hydrogen) atoms. The molecule has 0 aromatic carbocycles. The molecule has 60 valence electrons. The van der Waals surface area contributed by atoms with E-state index in [9.17, 15) is 13.2 Å². The van der Waals surface area contributed by atoms with Crippen LogP contribution in [0.25, 0.3) is 0 Å². The third-order valence-corrected chi connectivity index (χ3v) is 1.69. The van der Waals surface area contributed by atoms with Crippen molar-refractivity contribution < 1.29 is 18.3 Å². The van der Waals surface area contributed by atoms with Gasteiger partial charge in [-0.25, -0.2) is 13.2 Å². The lowest BCUT2D eigenvalue weighted by Gasteiger charge is -2.26. The van der Waals surface area contributed by atoms with Crippen LogP contribution in [0.4, 0.5) is 13.2 Å². The van der Waals surface area contributed by atoms with Crippen LogP contribution in [0.1, 0.15) is 12.8 Å². The van der Waals surface area contributed by atoms with Gasteiger partial charge in [-0.1, -0.05) is 0 Å². The van der Waals surface area contributed by atoms with Gasteiger partial charge in [-0.15, -0.1) is 0 Å². The summed E-state index contributed by atoms with van der Waals surface area (Å²) in [7, 11) is 0. The summed E-state index contributed by atoms with van der Waals surface area (Å²) in [5, 5.41) is 8.72. The van der Waals surface area contributed by atoms with Crippen LogP contribution in [0.2, 0.25) is 0 Å². The molecule has 4 heteroatoms. The molecule has 1 aliphatic carbocycles. The molecule has 1 N–H and O–H groups in total. The van der Waals surface area contributed by atoms with Crippen molar-refractivity contribution in [2.75, 3.05) is 0 Å². The van der Waals surface area contributed by atoms with E-state index in [2.05, 4.69) is 0 Å². The normalized spacial score (nSPS) is 49.2. The lowest BCUT2D eigenvalue weighted by atomic mass is 9.93. The number of hydrogen-bond donors (Lipinski definition) is 1. The minimum atomic E-state index is -2.04. The number of hydrogen-bond acceptors (Lipinski definition) is 1. The van der Waals surface area contributed by atoms with Crippen LogP contribution in [-0.2, 0) is 0 Å². The van der Waals surface area contributed by atoms with Crippen molar-refractivity contribution in [2.45, 2.75) is 37.5 Å². The molecule has 1 saturated carbocycles. The number of alkyl halides is 3. The summed E-state index contributed by atoms with van der Waals surface area (Å²) in [5.74, 6) is 0. The van der Waals surface area contributed by atoms with Gasteiger partial charge in [0.05, 0.1) is 6.10 Å². The van der Waals surface area contributed by atoms with Crippen LogP contribution in [0, 0.1) is 0 Å². The average molecular weight is 154 g/mol. The molecule has 0 amide bonds. The average Bonchev–Trinajstić information content (AvgIpc) is 1.82. The molecule has 0 heterocycles. The molecular formula is C6H9F3O. The Labute approximate surface area is 56.8 Å². The van der Waals surface area contributed by atoms with E-state index in [0.29, 0.717) is 0 Å². The highest BCUT2D eigenvalue weighted by molar-refractivity contribution is 4.86. The van der Waals surface area contributed by atoms with E-state index in [1.54, 1.807) is 0 Å². The third-order valence-electron chi connectivity index (χ3n) is 1.69. The van der Waals surface area contributed by atoms with Gasteiger partial charge in [0.25, 0.3) is 0 Å². The predicted octanol–water partition coefficient (Wildman–Crippen LogP) is 1.16. The van der Waals surface area contributed by atoms with Crippen LogP contribution in [-0.4, -0.2) is 29.7 Å². The highest BCUT2D eigenvalue weighted by Crippen LogP contribution is 2.26. The minimum Gasteiger partial charge on any atom is -0.393 e. The standard InChI is InChI=1S/C6H9F3O/c7-4-1-3(10)2-5(8)6(4)9/h3-6,10H,1-2H2/t3-,4+,5-,6+. The summed E-state index contributed by atoms with van der Waals surface area (Å²) in [6, 6.07) is 0. The first kappa shape index (κ1) is 7.85. The van der Waals surface area contributed by atoms with Crippen molar-refractivity contribution in [1.29, 1.82) is 0 Å². The van der Waals surface area contributed by atoms with Crippen LogP contribution in [0.5, 0.6) is 0 Å². The molecular weight excluding hydrogens is 145 g/mol. The maximum absolute atomic E-state index is 12.3. The first-order chi connectivity index (χ1) is 4.61. The van der Waals surface area contributed by atoms with Crippen LogP contribution in [0.15, 0.2) is 0 Å². The Bertz CT molecular complexity index is 108. The largest absolute Gasteiger partial charge is 0.393 e. The van der Waals surface area contributed by atoms with Crippen molar-refractivity contribution in [3.05, 3.63) is 0 Å². The van der Waals surface area contributed by atoms with Gasteiger partial charge in [0.1, 0.15) is 12.3 Å². The summed E-state index contributed by atoms with van der Waals surface area (Å²) in [6.45, 7) is 0. The van der Waals surface area contributed by atoms with Gasteiger partial charge < -0.3 is 5.11 Å². The predicted molar refractivity (Wildman–Crippen MR) is 29.9 cm³/mol. The molecule has 0 aromatic rings. The smallest absolute Gasteiger partial charge is 0.162 e. The highest BCUT2D eigenvalue weighted by atomic mass is 19.2. The van der Waals surface area contributed by atoms with Crippen molar-refractivity contribution in [3.63, 3.8) is 0 Å². The number of aliphatic hydroxyl groups is 1. The molecule has 4 atom stereocenters. The van der Waals surface area contributed by atoms with E-state index in [1.807, 2.05) is 0 Å². The summed E-state index contributed by atoms with van der Waals surface area (Å²) in [5.41, 5.74) is 0. The van der Waals surface area contributed by atoms with Crippen molar-refractivity contribution >= 4 is 0 Å². The van der Waals surface area contributed by atoms with Crippen LogP contribution in [0.3, 0.4) is 0 Å². The maximum atomic E-state index is 12.3. The Hall–Kier alpha value is -0.250. The second kappa shape index (κ2) is 2.78. The first-order valence-electron chi connectivity index (χ1n) is 3.21. The SMILES string of the molecule is O[C@H]1C[C@@H](F)[C@@H](F)[C@@H](F)C1. The van der Waals surface area contributed by atoms with E-state index in [-0.39, 0.29) is 12.8 Å². The second-order valence-electron chi connectivity index (χ2n) is 2.60. The number of halogens is 3. The summed E-state index contributed by atoms with van der Waals surface area (Å²) >= 11 is 0. The molecule has 0 unspecified atom stereocenters. The van der Waals surface area contributed by atoms with Gasteiger partial charge in [-0.3, -0.25) is 0 Å². The Balaban J connectivity index is 2.49. The van der Waals surface area contributed by atoms with Crippen molar-refractivity contribution in [3.8, 4) is 0 Å². The third kappa shape index (κ3) is 1.42. The second-order valence-corrected chi connectivity index (χ2v) is 2.60. The molecule has 0 bridgehead atoms. The van der Waals surface area contributed by atoms with Gasteiger partial charge in [0.2, 0.25) is 0 Å². The molecule has 0 saturated heterocycles. The molecule has 1 nitrogen and oxygen atoms in total. The monoisotopic (exact) mass is 154 g/mol. The van der Waals surface area contributed by atoms with E-state index >= 15 is 0 Å². The molecule has 0 aliphatic heterocycles. The Morgan fingerprint density at radius 1 is 1.00 bits per heavy atom. The number of aliphatic hydroxyl groups excluding tert-OH is 1. The fraction of sp³-hybridized carbons (Fsp3) is 1.00. The van der Waals surface area contributed by atoms with Gasteiger partial charge in [0.15, 0.2) is 6.17 Å². The topological polar surface area (TPSA) is 20.2 Å². The molecule has 0 spiro atoms. The van der Waals surface area contributed by atoms with Gasteiger partial charge >= 0.3 is 0 Å². The summed E-state index contributed by atoms with van der Waals surface area (Å²) in [6.07, 6.45) is -7.28. The quantitative estimate of drug-likeness (QED) is 0.555. The Morgan fingerprint density at radius 3 is 1.80 bits per heavy atom. The fourth-order valence-electron chi connectivity index (χ4n) is 1.10. The van der Waals surface area contributed by atoms with Crippen LogP contribution < -0.4 is 0 Å². The molecule has 1 aliphatic rings. The fourth-order valence-corrected chi connectivity index (χ4v) is 1.10. The van der Waals surface area contributed by atoms with Gasteiger partial charge in [0, 0.05) is 12.8 Å². The highest BCUT2D eigenvalue weighted by Gasteiger charge is 2.37. The van der Waals surface area contributed by atoms with E-state index in [4.69, 9.17) is 5.11 Å². The Morgan fingerprint density at radius 2 is 1.40 bits per heavy atom. The molecule has 1 rings (SSSR count). The lowest BCUT2D eigenvalue weighted by molar-refractivity contribution is -0.0210. The molecule has 0 aromatic heterocycles. The van der Waals surface area contributed by atoms with Gasteiger partial charge in [-0.05, 0) is 0 Å². The van der Waals surface area contributed by atoms with E-state index < -0.39 is 24.6 Å². The Kier molecular flexibility index (Phi) is 2.18. The summed E-state index contributed by atoms with van der Waals surface area (Å²) < 4.78 is 36.9. The zero-order valence-corrected chi connectivity index (χ0v) is 5.30. The van der Waals surface area contributed by atoms with E-state index in [0.717, 1.165) is 0 Å². The van der Waals surface area contributed by atoms with Crippen LogP contribution >= 0.6 is 0 Å². The van der Waals surface area contributed by atoms with Gasteiger partial charge in [-0.2, -0.15) is 0 Å². The van der Waals surface area contributed by atoms with Crippen molar-refractivity contribution in [1.82, 2.24) is 0 Å². The zero-order valence-electron chi connectivity index (χ0n) is 5.30. The molecule has 0 radical (unpaired) electrons. The maximum Gasteiger partial charge on any atom is 0.162 e. The first-order valence-corrected chi connectivity index (χ1v) is 3.21. The summed E-state index contributed by atoms with van der Waals surface area (Å²) in [4.78, 5) is 0. The minimum absolute atomic E-state index is 0.276. The number of rotatable bonds is 0. The lowest BCUT2D eigenvalue weighted by Crippen LogP contribution is -2.39. The van der Waals surface area contributed by atoms with E-state index in [1.165, 1.54) is 0 Å². The van der Waals surface area contributed by atoms with Crippen molar-refractivity contribution in [2.24, 2.45) is 0 Å².